The van der Waals surface area contributed by atoms with Gasteiger partial charge in [0, 0.05) is 24.1 Å². The minimum Gasteiger partial charge on any atom is -0.465 e. The van der Waals surface area contributed by atoms with Gasteiger partial charge in [0.25, 0.3) is 0 Å². The molecule has 1 N–H and O–H groups in total. The zero-order valence-electron chi connectivity index (χ0n) is 13.1. The average Bonchev–Trinajstić information content (AvgIpc) is 2.65. The molecule has 0 aromatic carbocycles. The van der Waals surface area contributed by atoms with Crippen molar-refractivity contribution in [2.45, 2.75) is 65.4 Å². The molecule has 1 aromatic rings. The summed E-state index contributed by atoms with van der Waals surface area (Å²) < 4.78 is 46.8. The van der Waals surface area contributed by atoms with Gasteiger partial charge in [0.2, 0.25) is 0 Å². The number of hydrogen-bond donors (Lipinski definition) is 1. The molecule has 0 atom stereocenters. The first kappa shape index (κ1) is 18.0. The molecule has 0 bridgehead atoms. The van der Waals surface area contributed by atoms with E-state index in [1.54, 1.807) is 0 Å². The van der Waals surface area contributed by atoms with E-state index in [-0.39, 0.29) is 25.2 Å². The number of hydrogen-bond acceptors (Lipinski definition) is 3. The molecule has 0 amide bonds. The van der Waals surface area contributed by atoms with Gasteiger partial charge in [0.15, 0.2) is 0 Å². The topological polar surface area (TPSA) is 34.4 Å². The average molecular weight is 307 g/mol. The predicted octanol–water partition coefficient (Wildman–Crippen LogP) is 4.34. The summed E-state index contributed by atoms with van der Waals surface area (Å²) in [6.45, 7) is 9.00. The molecule has 0 saturated heterocycles. The molecule has 6 heteroatoms. The van der Waals surface area contributed by atoms with Crippen LogP contribution in [0.2, 0.25) is 0 Å². The molecule has 0 aliphatic heterocycles. The summed E-state index contributed by atoms with van der Waals surface area (Å²) in [5.41, 5.74) is 0.877. The van der Waals surface area contributed by atoms with Crippen molar-refractivity contribution in [3.8, 4) is 0 Å². The normalized spacial score (nSPS) is 12.9. The van der Waals surface area contributed by atoms with E-state index in [4.69, 9.17) is 9.15 Å². The number of halogens is 3. The molecule has 0 spiro atoms. The highest BCUT2D eigenvalue weighted by molar-refractivity contribution is 5.20. The van der Waals surface area contributed by atoms with Crippen LogP contribution < -0.4 is 5.32 Å². The summed E-state index contributed by atoms with van der Waals surface area (Å²) in [7, 11) is 0. The summed E-state index contributed by atoms with van der Waals surface area (Å²) in [6, 6.07) is 1.89. The van der Waals surface area contributed by atoms with Gasteiger partial charge < -0.3 is 14.5 Å². The Hall–Kier alpha value is -1.01. The van der Waals surface area contributed by atoms with Gasteiger partial charge >= 0.3 is 6.18 Å². The third-order valence-corrected chi connectivity index (χ3v) is 2.87. The quantitative estimate of drug-likeness (QED) is 0.761. The smallest absolute Gasteiger partial charge is 0.389 e. The van der Waals surface area contributed by atoms with Crippen molar-refractivity contribution < 1.29 is 22.3 Å². The monoisotopic (exact) mass is 307 g/mol. The number of nitrogens with one attached hydrogen (secondary N) is 1. The van der Waals surface area contributed by atoms with Crippen molar-refractivity contribution in [3.05, 3.63) is 23.2 Å². The molecule has 1 rings (SSSR count). The summed E-state index contributed by atoms with van der Waals surface area (Å²) in [5, 5.41) is 3.31. The lowest BCUT2D eigenvalue weighted by Crippen LogP contribution is -2.34. The number of alkyl halides is 3. The highest BCUT2D eigenvalue weighted by Gasteiger charge is 2.25. The Bertz CT molecular complexity index is 433. The van der Waals surface area contributed by atoms with Crippen LogP contribution in [0.3, 0.4) is 0 Å². The van der Waals surface area contributed by atoms with E-state index in [0.717, 1.165) is 17.1 Å². The van der Waals surface area contributed by atoms with E-state index in [9.17, 15) is 13.2 Å². The molecule has 0 aliphatic carbocycles. The Morgan fingerprint density at radius 1 is 1.24 bits per heavy atom. The van der Waals surface area contributed by atoms with Crippen LogP contribution in [0.4, 0.5) is 13.2 Å². The van der Waals surface area contributed by atoms with Gasteiger partial charge in [0.05, 0.1) is 13.2 Å². The third-order valence-electron chi connectivity index (χ3n) is 2.87. The standard InChI is InChI=1S/C15H24F3NO2/c1-11-12(10-20-7-5-6-15(16,17)18)8-13(21-11)9-19-14(2,3)4/h8,19H,5-7,9-10H2,1-4H3. The largest absolute Gasteiger partial charge is 0.465 e. The van der Waals surface area contributed by atoms with Crippen LogP contribution in [0.15, 0.2) is 10.5 Å². The van der Waals surface area contributed by atoms with Crippen molar-refractivity contribution in [2.24, 2.45) is 0 Å². The van der Waals surface area contributed by atoms with Crippen LogP contribution in [0.5, 0.6) is 0 Å². The van der Waals surface area contributed by atoms with E-state index in [1.165, 1.54) is 0 Å². The minimum atomic E-state index is -4.11. The minimum absolute atomic E-state index is 0.00501. The molecule has 0 radical (unpaired) electrons. The molecular formula is C15H24F3NO2. The van der Waals surface area contributed by atoms with Crippen molar-refractivity contribution >= 4 is 0 Å². The number of furan rings is 1. The maximum atomic E-state index is 12.0. The van der Waals surface area contributed by atoms with Crippen molar-refractivity contribution in [1.29, 1.82) is 0 Å². The zero-order valence-corrected chi connectivity index (χ0v) is 13.1. The highest BCUT2D eigenvalue weighted by Crippen LogP contribution is 2.21. The fourth-order valence-corrected chi connectivity index (χ4v) is 1.73. The van der Waals surface area contributed by atoms with Crippen LogP contribution in [-0.4, -0.2) is 18.3 Å². The number of aryl methyl sites for hydroxylation is 1. The fourth-order valence-electron chi connectivity index (χ4n) is 1.73. The van der Waals surface area contributed by atoms with Gasteiger partial charge in [-0.05, 0) is 40.2 Å². The van der Waals surface area contributed by atoms with Crippen molar-refractivity contribution in [3.63, 3.8) is 0 Å². The summed E-state index contributed by atoms with van der Waals surface area (Å²) in [4.78, 5) is 0. The van der Waals surface area contributed by atoms with E-state index < -0.39 is 12.6 Å². The molecule has 122 valence electrons. The second-order valence-electron chi connectivity index (χ2n) is 6.17. The molecule has 1 heterocycles. The van der Waals surface area contributed by atoms with Gasteiger partial charge in [-0.15, -0.1) is 0 Å². The van der Waals surface area contributed by atoms with E-state index in [0.29, 0.717) is 6.54 Å². The fraction of sp³-hybridized carbons (Fsp3) is 0.733. The first-order valence-electron chi connectivity index (χ1n) is 7.04. The summed E-state index contributed by atoms with van der Waals surface area (Å²) in [6.07, 6.45) is -4.93. The maximum Gasteiger partial charge on any atom is 0.389 e. The predicted molar refractivity (Wildman–Crippen MR) is 75.0 cm³/mol. The van der Waals surface area contributed by atoms with Crippen molar-refractivity contribution in [1.82, 2.24) is 5.32 Å². The molecule has 3 nitrogen and oxygen atoms in total. The van der Waals surface area contributed by atoms with Gasteiger partial charge in [-0.3, -0.25) is 0 Å². The van der Waals surface area contributed by atoms with Gasteiger partial charge in [-0.2, -0.15) is 13.2 Å². The Morgan fingerprint density at radius 3 is 2.48 bits per heavy atom. The SMILES string of the molecule is Cc1oc(CNC(C)(C)C)cc1COCCCC(F)(F)F. The lowest BCUT2D eigenvalue weighted by atomic mass is 10.1. The first-order valence-corrected chi connectivity index (χ1v) is 7.04. The molecule has 1 aromatic heterocycles. The van der Waals surface area contributed by atoms with Gasteiger partial charge in [-0.25, -0.2) is 0 Å². The Kier molecular flexibility index (Phi) is 6.28. The first-order chi connectivity index (χ1) is 9.57. The van der Waals surface area contributed by atoms with Crippen LogP contribution in [0, 0.1) is 6.92 Å². The van der Waals surface area contributed by atoms with E-state index in [1.807, 2.05) is 13.0 Å². The lowest BCUT2D eigenvalue weighted by Gasteiger charge is -2.19. The van der Waals surface area contributed by atoms with Crippen LogP contribution in [-0.2, 0) is 17.9 Å². The van der Waals surface area contributed by atoms with Crippen molar-refractivity contribution in [2.75, 3.05) is 6.61 Å². The number of rotatable bonds is 7. The van der Waals surface area contributed by atoms with E-state index in [2.05, 4.69) is 26.1 Å². The molecule has 21 heavy (non-hydrogen) atoms. The van der Waals surface area contributed by atoms with Gasteiger partial charge in [0.1, 0.15) is 11.5 Å². The van der Waals surface area contributed by atoms with Crippen LogP contribution >= 0.6 is 0 Å². The highest BCUT2D eigenvalue weighted by atomic mass is 19.4. The zero-order chi connectivity index (χ0) is 16.1. The van der Waals surface area contributed by atoms with Crippen LogP contribution in [0.25, 0.3) is 0 Å². The third kappa shape index (κ3) is 8.12. The Labute approximate surface area is 123 Å². The second kappa shape index (κ2) is 7.31. The second-order valence-corrected chi connectivity index (χ2v) is 6.17. The van der Waals surface area contributed by atoms with Gasteiger partial charge in [-0.1, -0.05) is 0 Å². The van der Waals surface area contributed by atoms with Crippen LogP contribution in [0.1, 0.15) is 50.7 Å². The maximum absolute atomic E-state index is 12.0. The lowest BCUT2D eigenvalue weighted by molar-refractivity contribution is -0.138. The number of ether oxygens (including phenoxy) is 1. The van der Waals surface area contributed by atoms with E-state index >= 15 is 0 Å². The molecular weight excluding hydrogens is 283 g/mol. The Balaban J connectivity index is 2.34. The summed E-state index contributed by atoms with van der Waals surface area (Å²) >= 11 is 0. The molecule has 0 aliphatic rings. The molecule has 0 fully saturated rings. The summed E-state index contributed by atoms with van der Waals surface area (Å²) in [5.74, 6) is 1.55. The molecule has 0 saturated carbocycles. The molecule has 0 unspecified atom stereocenters. The Morgan fingerprint density at radius 2 is 1.90 bits per heavy atom.